The number of hydrogen-bond acceptors (Lipinski definition) is 4. The first-order valence-corrected chi connectivity index (χ1v) is 5.84. The molecule has 2 heterocycles. The smallest absolute Gasteiger partial charge is 0.103 e. The summed E-state index contributed by atoms with van der Waals surface area (Å²) in [4.78, 5) is 8.96. The van der Waals surface area contributed by atoms with Gasteiger partial charge in [-0.15, -0.1) is 0 Å². The third kappa shape index (κ3) is 1.12. The van der Waals surface area contributed by atoms with Gasteiger partial charge in [0.05, 0.1) is 17.7 Å². The molecule has 1 aromatic rings. The molecule has 4 rings (SSSR count). The van der Waals surface area contributed by atoms with Gasteiger partial charge in [-0.2, -0.15) is 0 Å². The summed E-state index contributed by atoms with van der Waals surface area (Å²) >= 11 is 0. The van der Waals surface area contributed by atoms with Gasteiger partial charge in [-0.3, -0.25) is 0 Å². The van der Waals surface area contributed by atoms with Gasteiger partial charge < -0.3 is 10.6 Å². The molecule has 4 heteroatoms. The minimum atomic E-state index is 0.975. The van der Waals surface area contributed by atoms with Crippen LogP contribution in [0.3, 0.4) is 0 Å². The lowest BCUT2D eigenvalue weighted by atomic mass is 9.97. The number of benzene rings is 1. The molecule has 0 spiro atoms. The van der Waals surface area contributed by atoms with Crippen molar-refractivity contribution in [1.82, 2.24) is 10.6 Å². The van der Waals surface area contributed by atoms with Crippen LogP contribution in [0.5, 0.6) is 0 Å². The van der Waals surface area contributed by atoms with E-state index >= 15 is 0 Å². The van der Waals surface area contributed by atoms with Crippen LogP contribution in [-0.2, 0) is 0 Å². The molecule has 0 radical (unpaired) electrons. The Morgan fingerprint density at radius 2 is 1.82 bits per heavy atom. The van der Waals surface area contributed by atoms with Gasteiger partial charge in [0.2, 0.25) is 0 Å². The van der Waals surface area contributed by atoms with Crippen LogP contribution in [-0.4, -0.2) is 12.2 Å². The highest BCUT2D eigenvalue weighted by atomic mass is 15.0. The normalized spacial score (nSPS) is 19.2. The maximum Gasteiger partial charge on any atom is 0.103 e. The molecular weight excluding hydrogens is 212 g/mol. The number of amidine groups is 1. The van der Waals surface area contributed by atoms with Crippen molar-refractivity contribution in [2.75, 3.05) is 0 Å². The van der Waals surface area contributed by atoms with E-state index in [-0.39, 0.29) is 0 Å². The molecule has 4 nitrogen and oxygen atoms in total. The zero-order valence-corrected chi connectivity index (χ0v) is 9.54. The monoisotopic (exact) mass is 224 g/mol. The molecule has 0 saturated carbocycles. The Hall–Kier alpha value is -2.10. The quantitative estimate of drug-likeness (QED) is 0.678. The van der Waals surface area contributed by atoms with Gasteiger partial charge in [0.25, 0.3) is 0 Å². The van der Waals surface area contributed by atoms with E-state index in [1.165, 1.54) is 21.8 Å². The van der Waals surface area contributed by atoms with Gasteiger partial charge >= 0.3 is 0 Å². The summed E-state index contributed by atoms with van der Waals surface area (Å²) in [6.07, 6.45) is 3.84. The average Bonchev–Trinajstić information content (AvgIpc) is 2.35. The van der Waals surface area contributed by atoms with E-state index in [1.54, 1.807) is 6.34 Å². The Balaban J connectivity index is 2.24. The van der Waals surface area contributed by atoms with Gasteiger partial charge in [0.15, 0.2) is 0 Å². The molecule has 0 atom stereocenters. The van der Waals surface area contributed by atoms with Crippen molar-refractivity contribution in [2.24, 2.45) is 9.98 Å². The summed E-state index contributed by atoms with van der Waals surface area (Å²) < 4.78 is 0. The van der Waals surface area contributed by atoms with Crippen LogP contribution < -0.4 is 21.1 Å². The third-order valence-corrected chi connectivity index (χ3v) is 3.45. The number of aliphatic imine (C=N–C) groups is 2. The standard InChI is InChI=1S/C13H12N4/c1-7-16-10-4-2-8-12-9(15-6-14-8)3-5-11(17-7)13(10)12/h2,4,6H,3,5H2,1H3,(H,14,15)(H,16,17). The lowest BCUT2D eigenvalue weighted by Crippen LogP contribution is -2.44. The van der Waals surface area contributed by atoms with Crippen LogP contribution >= 0.6 is 0 Å². The van der Waals surface area contributed by atoms with E-state index in [2.05, 4.69) is 32.8 Å². The Morgan fingerprint density at radius 1 is 1.06 bits per heavy atom. The molecule has 3 aliphatic rings. The second-order valence-corrected chi connectivity index (χ2v) is 4.54. The number of nitrogens with one attached hydrogen (secondary N) is 2. The number of hydrogen-bond donors (Lipinski definition) is 2. The van der Waals surface area contributed by atoms with Crippen LogP contribution in [0, 0.1) is 0 Å². The van der Waals surface area contributed by atoms with Gasteiger partial charge in [-0.25, -0.2) is 9.98 Å². The first kappa shape index (κ1) is 8.98. The van der Waals surface area contributed by atoms with Crippen molar-refractivity contribution in [3.63, 3.8) is 0 Å². The molecule has 0 fully saturated rings. The molecular formula is C13H12N4. The average molecular weight is 224 g/mol. The molecule has 2 N–H and O–H groups in total. The minimum Gasteiger partial charge on any atom is -0.349 e. The van der Waals surface area contributed by atoms with Gasteiger partial charge in [0.1, 0.15) is 5.84 Å². The van der Waals surface area contributed by atoms with Crippen molar-refractivity contribution >= 4 is 34.9 Å². The highest BCUT2D eigenvalue weighted by Gasteiger charge is 2.20. The maximum atomic E-state index is 4.56. The van der Waals surface area contributed by atoms with E-state index < -0.39 is 0 Å². The highest BCUT2D eigenvalue weighted by Crippen LogP contribution is 2.21. The fourth-order valence-electron chi connectivity index (χ4n) is 2.77. The largest absolute Gasteiger partial charge is 0.349 e. The summed E-state index contributed by atoms with van der Waals surface area (Å²) in [6.45, 7) is 2.00. The van der Waals surface area contributed by atoms with E-state index in [1.807, 2.05) is 6.92 Å². The molecule has 0 unspecified atom stereocenters. The molecule has 17 heavy (non-hydrogen) atoms. The van der Waals surface area contributed by atoms with Crippen LogP contribution in [0.4, 0.5) is 11.4 Å². The van der Waals surface area contributed by atoms with Crippen molar-refractivity contribution < 1.29 is 0 Å². The molecule has 0 amide bonds. The first-order valence-electron chi connectivity index (χ1n) is 5.84. The van der Waals surface area contributed by atoms with Crippen LogP contribution in [0.15, 0.2) is 22.1 Å². The Morgan fingerprint density at radius 3 is 2.76 bits per heavy atom. The van der Waals surface area contributed by atoms with Crippen molar-refractivity contribution in [3.8, 4) is 0 Å². The minimum absolute atomic E-state index is 0.975. The SMILES string of the molecule is CC1=Nc2ccc3c4c2=C(CCC=4NC=N3)N1. The predicted octanol–water partition coefficient (Wildman–Crippen LogP) is 0.613. The lowest BCUT2D eigenvalue weighted by molar-refractivity contribution is 0.931. The molecule has 84 valence electrons. The van der Waals surface area contributed by atoms with Gasteiger partial charge in [-0.05, 0) is 31.9 Å². The molecule has 0 aromatic heterocycles. The summed E-state index contributed by atoms with van der Waals surface area (Å²) in [5.74, 6) is 0.975. The Labute approximate surface area is 98.5 Å². The molecule has 1 aromatic carbocycles. The zero-order valence-electron chi connectivity index (χ0n) is 9.54. The predicted molar refractivity (Wildman–Crippen MR) is 68.9 cm³/mol. The highest BCUT2D eigenvalue weighted by molar-refractivity contribution is 5.92. The maximum absolute atomic E-state index is 4.56. The third-order valence-electron chi connectivity index (χ3n) is 3.45. The summed E-state index contributed by atoms with van der Waals surface area (Å²) in [5.41, 5.74) is 4.66. The van der Waals surface area contributed by atoms with E-state index in [4.69, 9.17) is 0 Å². The van der Waals surface area contributed by atoms with E-state index in [9.17, 15) is 0 Å². The van der Waals surface area contributed by atoms with Crippen LogP contribution in [0.2, 0.25) is 0 Å². The van der Waals surface area contributed by atoms with Crippen molar-refractivity contribution in [1.29, 1.82) is 0 Å². The second kappa shape index (κ2) is 2.97. The lowest BCUT2D eigenvalue weighted by Gasteiger charge is -2.24. The first-order chi connectivity index (χ1) is 8.33. The fraction of sp³-hybridized carbons (Fsp3) is 0.231. The van der Waals surface area contributed by atoms with E-state index in [0.717, 1.165) is 30.1 Å². The Kier molecular flexibility index (Phi) is 1.57. The van der Waals surface area contributed by atoms with Crippen molar-refractivity contribution in [2.45, 2.75) is 19.8 Å². The summed E-state index contributed by atoms with van der Waals surface area (Å²) in [7, 11) is 0. The molecule has 0 bridgehead atoms. The van der Waals surface area contributed by atoms with Gasteiger partial charge in [-0.1, -0.05) is 0 Å². The number of nitrogens with zero attached hydrogens (tertiary/aromatic N) is 2. The Bertz CT molecular complexity index is 710. The summed E-state index contributed by atoms with van der Waals surface area (Å²) in [6, 6.07) is 4.11. The van der Waals surface area contributed by atoms with Crippen LogP contribution in [0.25, 0.3) is 11.4 Å². The van der Waals surface area contributed by atoms with Crippen molar-refractivity contribution in [3.05, 3.63) is 22.6 Å². The summed E-state index contributed by atoms with van der Waals surface area (Å²) in [5, 5.41) is 9.11. The topological polar surface area (TPSA) is 48.8 Å². The molecule has 1 aliphatic carbocycles. The zero-order chi connectivity index (χ0) is 11.4. The fourth-order valence-corrected chi connectivity index (χ4v) is 2.77. The van der Waals surface area contributed by atoms with E-state index in [0.29, 0.717) is 0 Å². The number of rotatable bonds is 0. The molecule has 0 saturated heterocycles. The van der Waals surface area contributed by atoms with Gasteiger partial charge in [0, 0.05) is 21.8 Å². The van der Waals surface area contributed by atoms with Crippen LogP contribution in [0.1, 0.15) is 19.8 Å². The molecule has 2 aliphatic heterocycles. The second-order valence-electron chi connectivity index (χ2n) is 4.54.